The summed E-state index contributed by atoms with van der Waals surface area (Å²) >= 11 is 0. The fourth-order valence-corrected chi connectivity index (χ4v) is 2.88. The van der Waals surface area contributed by atoms with Crippen molar-refractivity contribution in [2.24, 2.45) is 0 Å². The van der Waals surface area contributed by atoms with E-state index in [1.807, 2.05) is 0 Å². The first-order chi connectivity index (χ1) is 13.6. The van der Waals surface area contributed by atoms with Crippen LogP contribution in [0.15, 0.2) is 42.5 Å². The van der Waals surface area contributed by atoms with Crippen LogP contribution in [0.3, 0.4) is 0 Å². The van der Waals surface area contributed by atoms with Gasteiger partial charge >= 0.3 is 6.09 Å². The van der Waals surface area contributed by atoms with Gasteiger partial charge in [0.25, 0.3) is 5.91 Å². The Kier molecular flexibility index (Phi) is 4.88. The van der Waals surface area contributed by atoms with Crippen molar-refractivity contribution in [3.8, 4) is 17.2 Å². The molecule has 2 heterocycles. The third kappa shape index (κ3) is 3.78. The summed E-state index contributed by atoms with van der Waals surface area (Å²) in [5, 5.41) is 2.61. The molecule has 0 saturated carbocycles. The molecular weight excluding hydrogens is 371 g/mol. The quantitative estimate of drug-likeness (QED) is 0.816. The van der Waals surface area contributed by atoms with E-state index in [2.05, 4.69) is 5.32 Å². The fraction of sp³-hybridized carbons (Fsp3) is 0.263. The molecule has 0 unspecified atom stereocenters. The van der Waals surface area contributed by atoms with Crippen LogP contribution in [0.2, 0.25) is 0 Å². The molecular formula is C19H17FN2O6. The number of carbonyl (C=O) groups excluding carboxylic acids is 2. The van der Waals surface area contributed by atoms with Crippen LogP contribution in [-0.4, -0.2) is 44.6 Å². The molecule has 4 rings (SSSR count). The van der Waals surface area contributed by atoms with Gasteiger partial charge in [0, 0.05) is 6.07 Å². The zero-order valence-corrected chi connectivity index (χ0v) is 14.7. The van der Waals surface area contributed by atoms with E-state index in [1.165, 1.54) is 23.1 Å². The van der Waals surface area contributed by atoms with Gasteiger partial charge in [0.1, 0.15) is 6.10 Å². The van der Waals surface area contributed by atoms with Crippen molar-refractivity contribution in [2.75, 3.05) is 31.4 Å². The molecule has 0 spiro atoms. The fourth-order valence-electron chi connectivity index (χ4n) is 2.88. The Bertz CT molecular complexity index is 906. The predicted molar refractivity (Wildman–Crippen MR) is 95.1 cm³/mol. The number of halogens is 1. The van der Waals surface area contributed by atoms with Crippen molar-refractivity contribution in [3.05, 3.63) is 48.3 Å². The zero-order chi connectivity index (χ0) is 19.5. The minimum absolute atomic E-state index is 0.000993. The lowest BCUT2D eigenvalue weighted by atomic mass is 10.2. The second-order valence-electron chi connectivity index (χ2n) is 6.18. The minimum atomic E-state index is -0.542. The van der Waals surface area contributed by atoms with E-state index in [4.69, 9.17) is 18.9 Å². The van der Waals surface area contributed by atoms with Crippen molar-refractivity contribution in [1.82, 2.24) is 5.32 Å². The van der Waals surface area contributed by atoms with Gasteiger partial charge in [-0.25, -0.2) is 9.18 Å². The smallest absolute Gasteiger partial charge is 0.414 e. The zero-order valence-electron chi connectivity index (χ0n) is 14.7. The summed E-state index contributed by atoms with van der Waals surface area (Å²) in [6.45, 7) is 0.194. The maximum atomic E-state index is 13.5. The van der Waals surface area contributed by atoms with Gasteiger partial charge in [0.15, 0.2) is 29.7 Å². The van der Waals surface area contributed by atoms with Crippen LogP contribution in [0.4, 0.5) is 14.9 Å². The molecule has 2 aliphatic rings. The number of ether oxygens (including phenoxy) is 4. The van der Waals surface area contributed by atoms with E-state index in [0.29, 0.717) is 17.2 Å². The lowest BCUT2D eigenvalue weighted by molar-refractivity contribution is -0.123. The Morgan fingerprint density at radius 3 is 2.89 bits per heavy atom. The van der Waals surface area contributed by atoms with Gasteiger partial charge in [-0.05, 0) is 24.3 Å². The normalized spacial score (nSPS) is 17.4. The van der Waals surface area contributed by atoms with Gasteiger partial charge in [-0.2, -0.15) is 0 Å². The Morgan fingerprint density at radius 2 is 2.04 bits per heavy atom. The van der Waals surface area contributed by atoms with Crippen LogP contribution < -0.4 is 24.4 Å². The summed E-state index contributed by atoms with van der Waals surface area (Å²) in [5.74, 6) is 0.196. The van der Waals surface area contributed by atoms with Gasteiger partial charge < -0.3 is 24.3 Å². The number of hydrogen-bond donors (Lipinski definition) is 1. The molecule has 2 aliphatic heterocycles. The lowest BCUT2D eigenvalue weighted by Gasteiger charge is -2.13. The van der Waals surface area contributed by atoms with E-state index in [0.717, 1.165) is 0 Å². The molecule has 0 aliphatic carbocycles. The van der Waals surface area contributed by atoms with Gasteiger partial charge in [0.05, 0.1) is 18.8 Å². The summed E-state index contributed by atoms with van der Waals surface area (Å²) in [7, 11) is 0. The lowest BCUT2D eigenvalue weighted by Crippen LogP contribution is -2.37. The van der Waals surface area contributed by atoms with Crippen LogP contribution in [0.1, 0.15) is 0 Å². The minimum Gasteiger partial charge on any atom is -0.481 e. The van der Waals surface area contributed by atoms with Crippen molar-refractivity contribution in [3.63, 3.8) is 0 Å². The van der Waals surface area contributed by atoms with E-state index in [9.17, 15) is 14.0 Å². The topological polar surface area (TPSA) is 86.3 Å². The number of amides is 2. The number of para-hydroxylation sites is 1. The highest BCUT2D eigenvalue weighted by molar-refractivity contribution is 5.90. The number of hydrogen-bond acceptors (Lipinski definition) is 6. The highest BCUT2D eigenvalue weighted by atomic mass is 19.1. The first-order valence-corrected chi connectivity index (χ1v) is 8.62. The summed E-state index contributed by atoms with van der Waals surface area (Å²) in [4.78, 5) is 25.5. The van der Waals surface area contributed by atoms with Crippen LogP contribution in [0, 0.1) is 5.82 Å². The standard InChI is InChI=1S/C19H17FN2O6/c20-14-3-1-2-4-15(14)25-10-18(23)21-8-13-9-22(19(24)28-13)12-5-6-16-17(7-12)27-11-26-16/h1-7,13H,8-11H2,(H,21,23)/t13-/m1/s1. The molecule has 146 valence electrons. The molecule has 0 bridgehead atoms. The second kappa shape index (κ2) is 7.63. The van der Waals surface area contributed by atoms with Gasteiger partial charge in [-0.1, -0.05) is 12.1 Å². The first-order valence-electron chi connectivity index (χ1n) is 8.62. The van der Waals surface area contributed by atoms with Crippen LogP contribution >= 0.6 is 0 Å². The molecule has 9 heteroatoms. The average Bonchev–Trinajstić information content (AvgIpc) is 3.31. The third-order valence-corrected chi connectivity index (χ3v) is 4.26. The first kappa shape index (κ1) is 17.9. The molecule has 2 aromatic carbocycles. The number of fused-ring (bicyclic) bond motifs is 1. The highest BCUT2D eigenvalue weighted by Crippen LogP contribution is 2.36. The Balaban J connectivity index is 1.27. The SMILES string of the molecule is O=C(COc1ccccc1F)NC[C@@H]1CN(c2ccc3c(c2)OCO3)C(=O)O1. The van der Waals surface area contributed by atoms with E-state index >= 15 is 0 Å². The molecule has 0 radical (unpaired) electrons. The number of benzene rings is 2. The molecule has 1 atom stereocenters. The number of cyclic esters (lactones) is 1. The molecule has 1 saturated heterocycles. The van der Waals surface area contributed by atoms with Crippen molar-refractivity contribution < 1.29 is 32.9 Å². The monoisotopic (exact) mass is 388 g/mol. The van der Waals surface area contributed by atoms with E-state index < -0.39 is 23.9 Å². The van der Waals surface area contributed by atoms with E-state index in [-0.39, 0.29) is 32.2 Å². The Labute approximate surface area is 159 Å². The van der Waals surface area contributed by atoms with Crippen molar-refractivity contribution in [2.45, 2.75) is 6.10 Å². The van der Waals surface area contributed by atoms with Gasteiger partial charge in [-0.3, -0.25) is 9.69 Å². The summed E-state index contributed by atoms with van der Waals surface area (Å²) < 4.78 is 34.4. The number of carbonyl (C=O) groups is 2. The van der Waals surface area contributed by atoms with Crippen LogP contribution in [0.5, 0.6) is 17.2 Å². The molecule has 2 amide bonds. The maximum Gasteiger partial charge on any atom is 0.414 e. The maximum absolute atomic E-state index is 13.5. The Hall–Kier alpha value is -3.49. The Morgan fingerprint density at radius 1 is 1.21 bits per heavy atom. The molecule has 2 aromatic rings. The van der Waals surface area contributed by atoms with E-state index in [1.54, 1.807) is 24.3 Å². The predicted octanol–water partition coefficient (Wildman–Crippen LogP) is 2.07. The van der Waals surface area contributed by atoms with Crippen molar-refractivity contribution in [1.29, 1.82) is 0 Å². The molecule has 8 nitrogen and oxygen atoms in total. The summed E-state index contributed by atoms with van der Waals surface area (Å²) in [6, 6.07) is 11.0. The number of anilines is 1. The average molecular weight is 388 g/mol. The summed E-state index contributed by atoms with van der Waals surface area (Å²) in [5.41, 5.74) is 0.617. The summed E-state index contributed by atoms with van der Waals surface area (Å²) in [6.07, 6.45) is -1.03. The van der Waals surface area contributed by atoms with Crippen LogP contribution in [0.25, 0.3) is 0 Å². The van der Waals surface area contributed by atoms with Crippen molar-refractivity contribution >= 4 is 17.7 Å². The largest absolute Gasteiger partial charge is 0.481 e. The number of nitrogens with one attached hydrogen (secondary N) is 1. The highest BCUT2D eigenvalue weighted by Gasteiger charge is 2.33. The van der Waals surface area contributed by atoms with Gasteiger partial charge in [0.2, 0.25) is 6.79 Å². The third-order valence-electron chi connectivity index (χ3n) is 4.26. The molecule has 0 aromatic heterocycles. The second-order valence-corrected chi connectivity index (χ2v) is 6.18. The molecule has 1 N–H and O–H groups in total. The van der Waals surface area contributed by atoms with Gasteiger partial charge in [-0.15, -0.1) is 0 Å². The molecule has 28 heavy (non-hydrogen) atoms. The van der Waals surface area contributed by atoms with Crippen LogP contribution in [-0.2, 0) is 9.53 Å². The molecule has 1 fully saturated rings. The number of rotatable bonds is 6. The number of nitrogens with zero attached hydrogens (tertiary/aromatic N) is 1.